The minimum absolute atomic E-state index is 0.266. The lowest BCUT2D eigenvalue weighted by molar-refractivity contribution is -0.128. The number of hydrogen-bond acceptors (Lipinski definition) is 3. The van der Waals surface area contributed by atoms with Gasteiger partial charge in [-0.1, -0.05) is 24.3 Å². The fourth-order valence-electron chi connectivity index (χ4n) is 3.23. The smallest absolute Gasteiger partial charge is 0.222 e. The number of hydrogen-bond donors (Lipinski definition) is 2. The normalized spacial score (nSPS) is 14.5. The highest BCUT2D eigenvalue weighted by Gasteiger charge is 2.19. The summed E-state index contributed by atoms with van der Waals surface area (Å²) in [6.07, 6.45) is 6.43. The summed E-state index contributed by atoms with van der Waals surface area (Å²) in [5.74, 6) is 1.09. The maximum absolute atomic E-state index is 11.7. The van der Waals surface area contributed by atoms with Gasteiger partial charge in [-0.15, -0.1) is 0 Å². The van der Waals surface area contributed by atoms with Crippen LogP contribution in [0, 0.1) is 0 Å². The predicted octanol–water partition coefficient (Wildman–Crippen LogP) is 2.15. The molecule has 2 heterocycles. The van der Waals surface area contributed by atoms with Crippen LogP contribution in [0.2, 0.25) is 0 Å². The number of aromatic nitrogens is 2. The summed E-state index contributed by atoms with van der Waals surface area (Å²) in [5, 5.41) is 10.9. The van der Waals surface area contributed by atoms with Crippen molar-refractivity contribution in [3.8, 4) is 0 Å². The van der Waals surface area contributed by atoms with Crippen molar-refractivity contribution >= 4 is 11.9 Å². The molecule has 0 saturated carbocycles. The van der Waals surface area contributed by atoms with E-state index in [2.05, 4.69) is 51.9 Å². The molecule has 1 aliphatic heterocycles. The van der Waals surface area contributed by atoms with Gasteiger partial charge in [-0.25, -0.2) is 4.99 Å². The van der Waals surface area contributed by atoms with Crippen molar-refractivity contribution in [2.75, 3.05) is 19.6 Å². The number of carbonyl (C=O) groups is 1. The average molecular weight is 383 g/mol. The topological polar surface area (TPSA) is 74.6 Å². The number of aliphatic imine (C=N–C) groups is 1. The van der Waals surface area contributed by atoms with Gasteiger partial charge in [0.25, 0.3) is 0 Å². The van der Waals surface area contributed by atoms with Crippen molar-refractivity contribution in [2.45, 2.75) is 45.8 Å². The van der Waals surface area contributed by atoms with Gasteiger partial charge in [0.05, 0.1) is 6.54 Å². The Labute approximate surface area is 166 Å². The van der Waals surface area contributed by atoms with E-state index in [0.29, 0.717) is 19.5 Å². The number of likely N-dealkylation sites (tertiary alicyclic amines) is 1. The molecule has 0 atom stereocenters. The quantitative estimate of drug-likeness (QED) is 0.396. The van der Waals surface area contributed by atoms with Gasteiger partial charge in [-0.05, 0) is 37.0 Å². The zero-order valence-corrected chi connectivity index (χ0v) is 16.6. The Morgan fingerprint density at radius 1 is 1.21 bits per heavy atom. The molecule has 1 fully saturated rings. The van der Waals surface area contributed by atoms with Gasteiger partial charge in [0.2, 0.25) is 5.91 Å². The first-order valence-corrected chi connectivity index (χ1v) is 10.1. The zero-order valence-electron chi connectivity index (χ0n) is 16.6. The first-order valence-electron chi connectivity index (χ1n) is 10.1. The summed E-state index contributed by atoms with van der Waals surface area (Å²) < 4.78 is 1.93. The van der Waals surface area contributed by atoms with Crippen LogP contribution in [0.1, 0.15) is 37.3 Å². The molecule has 0 bridgehead atoms. The van der Waals surface area contributed by atoms with Gasteiger partial charge in [-0.2, -0.15) is 5.10 Å². The van der Waals surface area contributed by atoms with Crippen LogP contribution < -0.4 is 10.6 Å². The van der Waals surface area contributed by atoms with Crippen LogP contribution in [0.15, 0.2) is 47.7 Å². The number of aryl methyl sites for hydroxylation is 1. The van der Waals surface area contributed by atoms with E-state index in [1.165, 1.54) is 5.56 Å². The molecule has 0 spiro atoms. The molecule has 7 nitrogen and oxygen atoms in total. The Bertz CT molecular complexity index is 754. The maximum Gasteiger partial charge on any atom is 0.222 e. The van der Waals surface area contributed by atoms with Crippen molar-refractivity contribution in [3.05, 3.63) is 53.9 Å². The molecule has 3 rings (SSSR count). The highest BCUT2D eigenvalue weighted by molar-refractivity contribution is 5.79. The monoisotopic (exact) mass is 382 g/mol. The minimum Gasteiger partial charge on any atom is -0.357 e. The van der Waals surface area contributed by atoms with Crippen molar-refractivity contribution in [2.24, 2.45) is 4.99 Å². The second kappa shape index (κ2) is 10.5. The molecule has 1 aromatic carbocycles. The Morgan fingerprint density at radius 3 is 2.71 bits per heavy atom. The molecule has 1 saturated heterocycles. The van der Waals surface area contributed by atoms with Crippen LogP contribution in [-0.4, -0.2) is 46.2 Å². The molecule has 2 N–H and O–H groups in total. The molecule has 150 valence electrons. The minimum atomic E-state index is 0.266. The van der Waals surface area contributed by atoms with Gasteiger partial charge in [-0.3, -0.25) is 9.48 Å². The van der Waals surface area contributed by atoms with Crippen molar-refractivity contribution in [3.63, 3.8) is 0 Å². The van der Waals surface area contributed by atoms with Crippen LogP contribution in [0.25, 0.3) is 0 Å². The van der Waals surface area contributed by atoms with Crippen molar-refractivity contribution in [1.82, 2.24) is 25.3 Å². The zero-order chi connectivity index (χ0) is 19.6. The Kier molecular flexibility index (Phi) is 7.46. The predicted molar refractivity (Wildman–Crippen MR) is 111 cm³/mol. The maximum atomic E-state index is 11.7. The number of guanidine groups is 1. The second-order valence-electron chi connectivity index (χ2n) is 6.98. The highest BCUT2D eigenvalue weighted by Crippen LogP contribution is 2.15. The van der Waals surface area contributed by atoms with E-state index in [0.717, 1.165) is 50.5 Å². The van der Waals surface area contributed by atoms with Crippen LogP contribution in [0.5, 0.6) is 0 Å². The Balaban J connectivity index is 1.45. The molecule has 0 unspecified atom stereocenters. The SMILES string of the molecule is CCNC(=NCc1ccc(CN2CCCC2=O)cc1)NCCCn1cccn1. The van der Waals surface area contributed by atoms with E-state index >= 15 is 0 Å². The first-order chi connectivity index (χ1) is 13.7. The number of benzene rings is 1. The molecule has 2 aromatic rings. The number of carbonyl (C=O) groups excluding carboxylic acids is 1. The van der Waals surface area contributed by atoms with Gasteiger partial charge in [0.1, 0.15) is 0 Å². The molecular weight excluding hydrogens is 352 g/mol. The third-order valence-electron chi connectivity index (χ3n) is 4.75. The van der Waals surface area contributed by atoms with Crippen LogP contribution >= 0.6 is 0 Å². The molecule has 1 aliphatic rings. The standard InChI is InChI=1S/C21H30N6O/c1-2-22-21(23-11-4-14-27-15-5-12-25-27)24-16-18-7-9-19(10-8-18)17-26-13-3-6-20(26)28/h5,7-10,12,15H,2-4,6,11,13-14,16-17H2,1H3,(H2,22,23,24). The van der Waals surface area contributed by atoms with E-state index in [1.54, 1.807) is 6.20 Å². The molecule has 1 amide bonds. The van der Waals surface area contributed by atoms with Crippen molar-refractivity contribution < 1.29 is 4.79 Å². The molecule has 28 heavy (non-hydrogen) atoms. The van der Waals surface area contributed by atoms with Gasteiger partial charge in [0, 0.05) is 51.5 Å². The fourth-order valence-corrected chi connectivity index (χ4v) is 3.23. The van der Waals surface area contributed by atoms with E-state index in [4.69, 9.17) is 0 Å². The lowest BCUT2D eigenvalue weighted by Crippen LogP contribution is -2.38. The third-order valence-corrected chi connectivity index (χ3v) is 4.75. The van der Waals surface area contributed by atoms with Gasteiger partial charge < -0.3 is 15.5 Å². The largest absolute Gasteiger partial charge is 0.357 e. The lowest BCUT2D eigenvalue weighted by Gasteiger charge is -2.15. The van der Waals surface area contributed by atoms with E-state index in [1.807, 2.05) is 21.8 Å². The lowest BCUT2D eigenvalue weighted by atomic mass is 10.1. The molecule has 0 radical (unpaired) electrons. The third kappa shape index (κ3) is 6.11. The summed E-state index contributed by atoms with van der Waals surface area (Å²) in [5.41, 5.74) is 2.33. The fraction of sp³-hybridized carbons (Fsp3) is 0.476. The number of rotatable bonds is 9. The summed E-state index contributed by atoms with van der Waals surface area (Å²) >= 11 is 0. The number of amides is 1. The van der Waals surface area contributed by atoms with Crippen LogP contribution in [0.4, 0.5) is 0 Å². The van der Waals surface area contributed by atoms with Crippen molar-refractivity contribution in [1.29, 1.82) is 0 Å². The van der Waals surface area contributed by atoms with Gasteiger partial charge >= 0.3 is 0 Å². The van der Waals surface area contributed by atoms with Crippen LogP contribution in [-0.2, 0) is 24.4 Å². The number of nitrogens with one attached hydrogen (secondary N) is 2. The van der Waals surface area contributed by atoms with E-state index in [9.17, 15) is 4.79 Å². The van der Waals surface area contributed by atoms with Gasteiger partial charge in [0.15, 0.2) is 5.96 Å². The highest BCUT2D eigenvalue weighted by atomic mass is 16.2. The Morgan fingerprint density at radius 2 is 2.04 bits per heavy atom. The molecule has 1 aromatic heterocycles. The summed E-state index contributed by atoms with van der Waals surface area (Å²) in [4.78, 5) is 18.4. The Hall–Kier alpha value is -2.83. The van der Waals surface area contributed by atoms with Crippen LogP contribution in [0.3, 0.4) is 0 Å². The van der Waals surface area contributed by atoms with E-state index in [-0.39, 0.29) is 5.91 Å². The second-order valence-corrected chi connectivity index (χ2v) is 6.98. The number of nitrogens with zero attached hydrogens (tertiary/aromatic N) is 4. The molecular formula is C21H30N6O. The summed E-state index contributed by atoms with van der Waals surface area (Å²) in [6.45, 7) is 6.83. The summed E-state index contributed by atoms with van der Waals surface area (Å²) in [7, 11) is 0. The molecule has 0 aliphatic carbocycles. The molecule has 7 heteroatoms. The first kappa shape index (κ1) is 19.9. The van der Waals surface area contributed by atoms with E-state index < -0.39 is 0 Å². The average Bonchev–Trinajstić information content (AvgIpc) is 3.36. The summed E-state index contributed by atoms with van der Waals surface area (Å²) in [6, 6.07) is 10.3.